The first kappa shape index (κ1) is 12.1. The summed E-state index contributed by atoms with van der Waals surface area (Å²) in [7, 11) is 2.00. The normalized spacial score (nSPS) is 21.5. The molecule has 0 spiro atoms. The van der Waals surface area contributed by atoms with E-state index in [1.165, 1.54) is 17.1 Å². The number of aryl methyl sites for hydroxylation is 2. The van der Waals surface area contributed by atoms with Crippen molar-refractivity contribution in [1.29, 1.82) is 0 Å². The number of halogens is 1. The molecule has 1 aromatic heterocycles. The summed E-state index contributed by atoms with van der Waals surface area (Å²) in [4.78, 5) is 2.42. The van der Waals surface area contributed by atoms with Gasteiger partial charge in [0, 0.05) is 36.7 Å². The van der Waals surface area contributed by atoms with Crippen molar-refractivity contribution in [3.8, 4) is 0 Å². The Kier molecular flexibility index (Phi) is 3.70. The Hall–Kier alpha value is -0.350. The molecule has 0 aromatic carbocycles. The van der Waals surface area contributed by atoms with Crippen molar-refractivity contribution in [1.82, 2.24) is 9.78 Å². The van der Waals surface area contributed by atoms with Gasteiger partial charge in [-0.3, -0.25) is 4.68 Å². The summed E-state index contributed by atoms with van der Waals surface area (Å²) in [6, 6.07) is 0. The minimum atomic E-state index is 0.549. The minimum absolute atomic E-state index is 0.549. The summed E-state index contributed by atoms with van der Waals surface area (Å²) in [6.07, 6.45) is 0. The molecule has 1 atom stereocenters. The highest BCUT2D eigenvalue weighted by atomic mass is 35.5. The molecule has 0 radical (unpaired) electrons. The lowest BCUT2D eigenvalue weighted by atomic mass is 10.2. The third kappa shape index (κ3) is 2.18. The van der Waals surface area contributed by atoms with Gasteiger partial charge in [0.05, 0.1) is 11.6 Å². The van der Waals surface area contributed by atoms with Gasteiger partial charge in [0.15, 0.2) is 0 Å². The van der Waals surface area contributed by atoms with Crippen LogP contribution in [-0.4, -0.2) is 33.9 Å². The van der Waals surface area contributed by atoms with Gasteiger partial charge in [0.2, 0.25) is 0 Å². The highest BCUT2D eigenvalue weighted by molar-refractivity contribution is 8.00. The molecule has 0 bridgehead atoms. The van der Waals surface area contributed by atoms with Crippen molar-refractivity contribution in [3.63, 3.8) is 0 Å². The number of anilines is 1. The topological polar surface area (TPSA) is 21.1 Å². The van der Waals surface area contributed by atoms with E-state index in [1.54, 1.807) is 0 Å². The molecule has 90 valence electrons. The lowest BCUT2D eigenvalue weighted by Crippen LogP contribution is -2.38. The van der Waals surface area contributed by atoms with Gasteiger partial charge < -0.3 is 4.90 Å². The van der Waals surface area contributed by atoms with Crippen molar-refractivity contribution < 1.29 is 0 Å². The molecule has 1 saturated heterocycles. The van der Waals surface area contributed by atoms with Gasteiger partial charge in [-0.2, -0.15) is 16.9 Å². The predicted octanol–water partition coefficient (Wildman–Crippen LogP) is 2.41. The summed E-state index contributed by atoms with van der Waals surface area (Å²) >= 11 is 8.06. The van der Waals surface area contributed by atoms with Crippen molar-refractivity contribution in [2.24, 2.45) is 7.05 Å². The van der Waals surface area contributed by atoms with Gasteiger partial charge in [0.25, 0.3) is 0 Å². The second-order valence-corrected chi connectivity index (χ2v) is 6.09. The summed E-state index contributed by atoms with van der Waals surface area (Å²) in [5.74, 6) is 2.94. The Bertz CT molecular complexity index is 378. The van der Waals surface area contributed by atoms with Crippen LogP contribution in [0.4, 0.5) is 5.82 Å². The van der Waals surface area contributed by atoms with Crippen LogP contribution in [-0.2, 0) is 12.9 Å². The van der Waals surface area contributed by atoms with Gasteiger partial charge in [-0.15, -0.1) is 11.6 Å². The number of rotatable bonds is 2. The molecule has 0 saturated carbocycles. The molecule has 1 aromatic rings. The van der Waals surface area contributed by atoms with Crippen LogP contribution in [0.5, 0.6) is 0 Å². The van der Waals surface area contributed by atoms with E-state index in [0.717, 1.165) is 18.8 Å². The fourth-order valence-corrected chi connectivity index (χ4v) is 3.58. The summed E-state index contributed by atoms with van der Waals surface area (Å²) in [5, 5.41) is 5.15. The molecule has 16 heavy (non-hydrogen) atoms. The van der Waals surface area contributed by atoms with Gasteiger partial charge in [0.1, 0.15) is 5.82 Å². The average Bonchev–Trinajstić information content (AvgIpc) is 2.52. The molecule has 1 unspecified atom stereocenters. The number of alkyl halides is 1. The quantitative estimate of drug-likeness (QED) is 0.761. The predicted molar refractivity (Wildman–Crippen MR) is 71.6 cm³/mol. The van der Waals surface area contributed by atoms with Crippen molar-refractivity contribution in [2.75, 3.05) is 23.7 Å². The SMILES string of the molecule is Cc1nn(C)c(N2CCSC(C)C2)c1CCl. The van der Waals surface area contributed by atoms with E-state index >= 15 is 0 Å². The first-order chi connectivity index (χ1) is 7.63. The van der Waals surface area contributed by atoms with Crippen molar-refractivity contribution in [2.45, 2.75) is 25.0 Å². The van der Waals surface area contributed by atoms with E-state index in [-0.39, 0.29) is 0 Å². The highest BCUT2D eigenvalue weighted by Crippen LogP contribution is 2.29. The lowest BCUT2D eigenvalue weighted by molar-refractivity contribution is 0.693. The van der Waals surface area contributed by atoms with E-state index < -0.39 is 0 Å². The lowest BCUT2D eigenvalue weighted by Gasteiger charge is -2.32. The van der Waals surface area contributed by atoms with Crippen LogP contribution in [0.3, 0.4) is 0 Å². The highest BCUT2D eigenvalue weighted by Gasteiger charge is 2.23. The molecule has 2 rings (SSSR count). The Morgan fingerprint density at radius 1 is 1.56 bits per heavy atom. The van der Waals surface area contributed by atoms with E-state index in [0.29, 0.717) is 11.1 Å². The zero-order valence-electron chi connectivity index (χ0n) is 10.0. The minimum Gasteiger partial charge on any atom is -0.355 e. The van der Waals surface area contributed by atoms with Crippen LogP contribution in [0.15, 0.2) is 0 Å². The number of hydrogen-bond acceptors (Lipinski definition) is 3. The van der Waals surface area contributed by atoms with Gasteiger partial charge in [-0.25, -0.2) is 0 Å². The summed E-state index contributed by atoms with van der Waals surface area (Å²) < 4.78 is 1.97. The molecule has 1 aliphatic rings. The fourth-order valence-electron chi connectivity index (χ4n) is 2.25. The number of nitrogens with zero attached hydrogens (tertiary/aromatic N) is 3. The zero-order chi connectivity index (χ0) is 11.7. The van der Waals surface area contributed by atoms with Crippen LogP contribution >= 0.6 is 23.4 Å². The third-order valence-corrected chi connectivity index (χ3v) is 4.39. The first-order valence-electron chi connectivity index (χ1n) is 5.58. The Morgan fingerprint density at radius 2 is 2.31 bits per heavy atom. The molecular weight excluding hydrogens is 242 g/mol. The van der Waals surface area contributed by atoms with Gasteiger partial charge >= 0.3 is 0 Å². The van der Waals surface area contributed by atoms with Crippen molar-refractivity contribution >= 4 is 29.2 Å². The maximum absolute atomic E-state index is 6.02. The Labute approximate surface area is 106 Å². The standard InChI is InChI=1S/C11H18ClN3S/c1-8-7-15(4-5-16-8)11-10(6-12)9(2)13-14(11)3/h8H,4-7H2,1-3H3. The van der Waals surface area contributed by atoms with Crippen LogP contribution in [0.25, 0.3) is 0 Å². The van der Waals surface area contributed by atoms with Crippen LogP contribution in [0.2, 0.25) is 0 Å². The van der Waals surface area contributed by atoms with Crippen LogP contribution in [0, 0.1) is 6.92 Å². The van der Waals surface area contributed by atoms with Crippen LogP contribution in [0.1, 0.15) is 18.2 Å². The summed E-state index contributed by atoms with van der Waals surface area (Å²) in [5.41, 5.74) is 2.24. The molecule has 0 N–H and O–H groups in total. The maximum Gasteiger partial charge on any atom is 0.131 e. The second-order valence-electron chi connectivity index (χ2n) is 4.27. The monoisotopic (exact) mass is 259 g/mol. The van der Waals surface area contributed by atoms with E-state index in [1.807, 2.05) is 30.4 Å². The van der Waals surface area contributed by atoms with Crippen LogP contribution < -0.4 is 4.90 Å². The maximum atomic E-state index is 6.02. The van der Waals surface area contributed by atoms with E-state index in [4.69, 9.17) is 11.6 Å². The van der Waals surface area contributed by atoms with Gasteiger partial charge in [-0.05, 0) is 6.92 Å². The molecule has 1 fully saturated rings. The number of hydrogen-bond donors (Lipinski definition) is 0. The molecule has 5 heteroatoms. The average molecular weight is 260 g/mol. The largest absolute Gasteiger partial charge is 0.355 e. The molecule has 3 nitrogen and oxygen atoms in total. The Morgan fingerprint density at radius 3 is 2.94 bits per heavy atom. The van der Waals surface area contributed by atoms with E-state index in [2.05, 4.69) is 16.9 Å². The molecule has 0 aliphatic carbocycles. The molecule has 1 aliphatic heterocycles. The smallest absolute Gasteiger partial charge is 0.131 e. The molecule has 0 amide bonds. The third-order valence-electron chi connectivity index (χ3n) is 2.99. The Balaban J connectivity index is 2.31. The van der Waals surface area contributed by atoms with E-state index in [9.17, 15) is 0 Å². The molecular formula is C11H18ClN3S. The first-order valence-corrected chi connectivity index (χ1v) is 7.16. The van der Waals surface area contributed by atoms with Gasteiger partial charge in [-0.1, -0.05) is 6.92 Å². The molecule has 2 heterocycles. The number of aromatic nitrogens is 2. The van der Waals surface area contributed by atoms with Crippen molar-refractivity contribution in [3.05, 3.63) is 11.3 Å². The second kappa shape index (κ2) is 4.88. The zero-order valence-corrected chi connectivity index (χ0v) is 11.6. The number of thioether (sulfide) groups is 1. The fraction of sp³-hybridized carbons (Fsp3) is 0.727. The summed E-state index contributed by atoms with van der Waals surface area (Å²) in [6.45, 7) is 6.50.